The van der Waals surface area contributed by atoms with E-state index in [0.29, 0.717) is 12.6 Å². The molecule has 3 fully saturated rings. The van der Waals surface area contributed by atoms with Crippen molar-refractivity contribution in [2.45, 2.75) is 57.2 Å². The van der Waals surface area contributed by atoms with Gasteiger partial charge in [-0.15, -0.1) is 0 Å². The molecule has 2 unspecified atom stereocenters. The van der Waals surface area contributed by atoms with Crippen molar-refractivity contribution in [2.24, 2.45) is 5.92 Å². The first-order valence-electron chi connectivity index (χ1n) is 8.06. The average molecular weight is 418 g/mol. The predicted molar refractivity (Wildman–Crippen MR) is 96.0 cm³/mol. The summed E-state index contributed by atoms with van der Waals surface area (Å²) in [6, 6.07) is 0. The second kappa shape index (κ2) is 7.56. The molecule has 11 heteroatoms. The van der Waals surface area contributed by atoms with Crippen molar-refractivity contribution >= 4 is 36.8 Å². The van der Waals surface area contributed by atoms with Crippen LogP contribution < -0.4 is 0 Å². The zero-order valence-corrected chi connectivity index (χ0v) is 17.1. The molecule has 0 saturated carbocycles. The summed E-state index contributed by atoms with van der Waals surface area (Å²) in [6.07, 6.45) is 0.502. The molecule has 7 nitrogen and oxygen atoms in total. The maximum absolute atomic E-state index is 10.5. The molecule has 0 aliphatic carbocycles. The van der Waals surface area contributed by atoms with Crippen LogP contribution in [0, 0.1) is 5.92 Å². The van der Waals surface area contributed by atoms with Gasteiger partial charge in [0, 0.05) is 12.6 Å². The summed E-state index contributed by atoms with van der Waals surface area (Å²) in [4.78, 5) is 20.9. The highest BCUT2D eigenvalue weighted by Crippen LogP contribution is 2.52. The first kappa shape index (κ1) is 19.8. The SMILES string of the molecule is C[C@H]1C[C@@H]2CP(O)(=S)OC[C@H]3O[C@@H](C)C[C@@H]3OP(O)(=S)OC[C@H]2O1. The van der Waals surface area contributed by atoms with E-state index in [1.165, 1.54) is 0 Å². The summed E-state index contributed by atoms with van der Waals surface area (Å²) in [7, 11) is 0. The van der Waals surface area contributed by atoms with E-state index >= 15 is 0 Å². The summed E-state index contributed by atoms with van der Waals surface area (Å²) in [5, 5.41) is 0. The number of rotatable bonds is 0. The standard InChI is InChI=1S/C13H24O7P2S2/c1-8-3-10-7-21(14,23)16-6-13-11(4-9(2)19-13)20-22(15,24)17-5-12(10)18-8/h8-13H,3-7H2,1-2H3,(H,14,23)(H,15,24)/t8-,9-,10+,11-,12+,13+,21?,22?/m0/s1. The van der Waals surface area contributed by atoms with Gasteiger partial charge in [-0.2, -0.15) is 0 Å². The highest BCUT2D eigenvalue weighted by atomic mass is 32.5. The Balaban J connectivity index is 1.79. The molecule has 0 radical (unpaired) electrons. The topological polar surface area (TPSA) is 86.6 Å². The van der Waals surface area contributed by atoms with Crippen molar-refractivity contribution in [3.05, 3.63) is 0 Å². The van der Waals surface area contributed by atoms with Crippen molar-refractivity contribution in [3.8, 4) is 0 Å². The van der Waals surface area contributed by atoms with E-state index in [1.807, 2.05) is 13.8 Å². The van der Waals surface area contributed by atoms with E-state index in [0.717, 1.165) is 6.42 Å². The predicted octanol–water partition coefficient (Wildman–Crippen LogP) is 1.91. The second-order valence-electron chi connectivity index (χ2n) is 6.73. The van der Waals surface area contributed by atoms with Crippen LogP contribution >= 0.6 is 13.2 Å². The second-order valence-corrected chi connectivity index (χ2v) is 13.1. The molecule has 24 heavy (non-hydrogen) atoms. The number of hydrogen-bond acceptors (Lipinski definition) is 7. The molecular formula is C13H24O7P2S2. The summed E-state index contributed by atoms with van der Waals surface area (Å²) < 4.78 is 28.4. The molecule has 8 atom stereocenters. The number of ether oxygens (including phenoxy) is 2. The van der Waals surface area contributed by atoms with Crippen molar-refractivity contribution in [1.29, 1.82) is 0 Å². The molecule has 3 aliphatic heterocycles. The third-order valence-electron chi connectivity index (χ3n) is 4.53. The van der Waals surface area contributed by atoms with Gasteiger partial charge in [0.25, 0.3) is 0 Å². The van der Waals surface area contributed by atoms with Crippen LogP contribution in [0.2, 0.25) is 0 Å². The van der Waals surface area contributed by atoms with Crippen molar-refractivity contribution < 1.29 is 32.8 Å². The first-order chi connectivity index (χ1) is 11.1. The Morgan fingerprint density at radius 3 is 2.25 bits per heavy atom. The fraction of sp³-hybridized carbons (Fsp3) is 1.00. The molecule has 3 aliphatic rings. The average Bonchev–Trinajstić information content (AvgIpc) is 2.95. The quantitative estimate of drug-likeness (QED) is 0.573. The van der Waals surface area contributed by atoms with Crippen LogP contribution in [0.3, 0.4) is 0 Å². The lowest BCUT2D eigenvalue weighted by Crippen LogP contribution is -2.31. The zero-order chi connectivity index (χ0) is 17.5. The van der Waals surface area contributed by atoms with Crippen LogP contribution in [0.5, 0.6) is 0 Å². The number of hydrogen-bond donors (Lipinski definition) is 2. The Kier molecular flexibility index (Phi) is 6.23. The van der Waals surface area contributed by atoms with Crippen molar-refractivity contribution in [3.63, 3.8) is 0 Å². The van der Waals surface area contributed by atoms with Crippen LogP contribution in [0.25, 0.3) is 0 Å². The molecule has 0 bridgehead atoms. The highest BCUT2D eigenvalue weighted by molar-refractivity contribution is 8.09. The molecule has 0 amide bonds. The summed E-state index contributed by atoms with van der Waals surface area (Å²) in [6.45, 7) is -2.25. The largest absolute Gasteiger partial charge is 0.373 e. The van der Waals surface area contributed by atoms with Crippen LogP contribution in [0.15, 0.2) is 0 Å². The molecule has 3 rings (SSSR count). The monoisotopic (exact) mass is 418 g/mol. The molecule has 0 spiro atoms. The molecule has 0 aromatic carbocycles. The fourth-order valence-corrected chi connectivity index (χ4v) is 7.19. The zero-order valence-electron chi connectivity index (χ0n) is 13.6. The Morgan fingerprint density at radius 1 is 0.875 bits per heavy atom. The molecular weight excluding hydrogens is 394 g/mol. The maximum Gasteiger partial charge on any atom is 0.324 e. The van der Waals surface area contributed by atoms with E-state index in [2.05, 4.69) is 0 Å². The van der Waals surface area contributed by atoms with Gasteiger partial charge in [0.2, 0.25) is 0 Å². The molecule has 0 aromatic heterocycles. The van der Waals surface area contributed by atoms with Gasteiger partial charge in [0.15, 0.2) is 6.49 Å². The minimum absolute atomic E-state index is 0.00415. The molecule has 3 saturated heterocycles. The van der Waals surface area contributed by atoms with E-state index < -0.39 is 25.4 Å². The van der Waals surface area contributed by atoms with Gasteiger partial charge in [-0.3, -0.25) is 0 Å². The Labute approximate surface area is 152 Å². The van der Waals surface area contributed by atoms with Gasteiger partial charge in [-0.1, -0.05) is 0 Å². The van der Waals surface area contributed by atoms with Gasteiger partial charge in [0.05, 0.1) is 37.6 Å². The highest BCUT2D eigenvalue weighted by Gasteiger charge is 2.42. The van der Waals surface area contributed by atoms with E-state index in [-0.39, 0.29) is 37.4 Å². The Hall–Kier alpha value is 1.02. The first-order valence-corrected chi connectivity index (χ1v) is 13.5. The minimum Gasteiger partial charge on any atom is -0.373 e. The lowest BCUT2D eigenvalue weighted by atomic mass is 10.0. The molecule has 2 N–H and O–H groups in total. The summed E-state index contributed by atoms with van der Waals surface area (Å²) >= 11 is 10.4. The van der Waals surface area contributed by atoms with E-state index in [4.69, 9.17) is 46.7 Å². The summed E-state index contributed by atoms with van der Waals surface area (Å²) in [5.41, 5.74) is 0. The van der Waals surface area contributed by atoms with Gasteiger partial charge in [-0.05, 0) is 49.8 Å². The van der Waals surface area contributed by atoms with Crippen LogP contribution in [0.4, 0.5) is 0 Å². The van der Waals surface area contributed by atoms with E-state index in [1.54, 1.807) is 0 Å². The molecule has 0 aromatic rings. The van der Waals surface area contributed by atoms with Crippen LogP contribution in [-0.4, -0.2) is 59.7 Å². The normalized spacial score (nSPS) is 53.7. The van der Waals surface area contributed by atoms with Crippen molar-refractivity contribution in [2.75, 3.05) is 19.4 Å². The van der Waals surface area contributed by atoms with Gasteiger partial charge in [-0.25, -0.2) is 0 Å². The third-order valence-corrected chi connectivity index (χ3v) is 8.36. The molecule has 3 heterocycles. The Morgan fingerprint density at radius 2 is 1.50 bits per heavy atom. The van der Waals surface area contributed by atoms with Crippen LogP contribution in [-0.2, 0) is 46.7 Å². The fourth-order valence-electron chi connectivity index (χ4n) is 3.50. The minimum atomic E-state index is -3.40. The van der Waals surface area contributed by atoms with Gasteiger partial charge < -0.3 is 32.8 Å². The lowest BCUT2D eigenvalue weighted by Gasteiger charge is -2.29. The van der Waals surface area contributed by atoms with Crippen molar-refractivity contribution in [1.82, 2.24) is 0 Å². The van der Waals surface area contributed by atoms with Crippen LogP contribution in [0.1, 0.15) is 26.7 Å². The summed E-state index contributed by atoms with van der Waals surface area (Å²) in [5.74, 6) is 0.00415. The maximum atomic E-state index is 10.5. The number of fused-ring (bicyclic) bond motifs is 2. The van der Waals surface area contributed by atoms with Gasteiger partial charge in [0.1, 0.15) is 6.10 Å². The smallest absolute Gasteiger partial charge is 0.324 e. The van der Waals surface area contributed by atoms with Gasteiger partial charge >= 0.3 is 6.72 Å². The third kappa shape index (κ3) is 5.05. The Bertz CT molecular complexity index is 514. The lowest BCUT2D eigenvalue weighted by molar-refractivity contribution is -0.0187. The molecule has 140 valence electrons. The van der Waals surface area contributed by atoms with E-state index in [9.17, 15) is 9.79 Å².